The van der Waals surface area contributed by atoms with Gasteiger partial charge in [-0.3, -0.25) is 0 Å². The first-order chi connectivity index (χ1) is 4.00. The zero-order chi connectivity index (χ0) is 9.00. The normalized spacial score (nSPS) is 7.38. The van der Waals surface area contributed by atoms with Crippen LogP contribution in [0.4, 0.5) is 0 Å². The van der Waals surface area contributed by atoms with E-state index in [4.69, 9.17) is 38.5 Å². The molecule has 0 aromatic carbocycles. The summed E-state index contributed by atoms with van der Waals surface area (Å²) in [7, 11) is -10.8. The fourth-order valence-corrected chi connectivity index (χ4v) is 0. The summed E-state index contributed by atoms with van der Waals surface area (Å²) >= 11 is 0. The Hall–Kier alpha value is 5.48. The molecule has 0 aliphatic rings. The molecule has 16 heavy (non-hydrogen) atoms. The smallest absolute Gasteiger partial charge is 0.822 e. The van der Waals surface area contributed by atoms with Crippen LogP contribution in [0, 0.1) is 0 Å². The second kappa shape index (κ2) is 25.4. The summed E-state index contributed by atoms with van der Waals surface area (Å²) in [6.45, 7) is 0. The van der Waals surface area contributed by atoms with Crippen LogP contribution < -0.4 is 29.4 Å². The van der Waals surface area contributed by atoms with Gasteiger partial charge < -0.3 is 38.5 Å². The summed E-state index contributed by atoms with van der Waals surface area (Å²) in [6.07, 6.45) is 0. The Morgan fingerprint density at radius 2 is 0.500 bits per heavy atom. The van der Waals surface area contributed by atoms with E-state index in [1.807, 2.05) is 0 Å². The van der Waals surface area contributed by atoms with Crippen LogP contribution in [0.25, 0.3) is 0 Å². The van der Waals surface area contributed by atoms with Crippen molar-refractivity contribution in [1.82, 2.24) is 0 Å². The van der Waals surface area contributed by atoms with Crippen LogP contribution in [0.2, 0.25) is 0 Å². The molecule has 0 spiro atoms. The standard InChI is InChI=1S/3Ca.3Ni.2H3O4P/c;;;;;;2*1-5(2,3)4/h;;;;;;2*(H3,1,2,3,4)/q3*+2;;;;;/p-6. The minimum Gasteiger partial charge on any atom is -0.822 e. The maximum Gasteiger partial charge on any atom is 2.00 e. The van der Waals surface area contributed by atoms with Gasteiger partial charge in [-0.25, -0.2) is 0 Å². The summed E-state index contributed by atoms with van der Waals surface area (Å²) in [5, 5.41) is 0. The van der Waals surface area contributed by atoms with Crippen molar-refractivity contribution in [2.75, 3.05) is 0 Å². The van der Waals surface area contributed by atoms with Crippen molar-refractivity contribution in [2.45, 2.75) is 0 Å². The molecule has 0 rings (SSSR count). The largest absolute Gasteiger partial charge is 2.00 e. The molecule has 0 saturated heterocycles. The first kappa shape index (κ1) is 49.6. The predicted molar refractivity (Wildman–Crippen MR) is 32.5 cm³/mol. The molecule has 0 atom stereocenters. The molecule has 0 aliphatic heterocycles. The summed E-state index contributed by atoms with van der Waals surface area (Å²) in [5.41, 5.74) is 0. The van der Waals surface area contributed by atoms with Crippen LogP contribution in [0.15, 0.2) is 0 Å². The molecule has 0 aliphatic carbocycles. The Morgan fingerprint density at radius 1 is 0.500 bits per heavy atom. The Morgan fingerprint density at radius 3 is 0.500 bits per heavy atom. The van der Waals surface area contributed by atoms with Gasteiger partial charge in [0.2, 0.25) is 0 Å². The van der Waals surface area contributed by atoms with Crippen molar-refractivity contribution in [1.29, 1.82) is 0 Å². The zero-order valence-electron chi connectivity index (χ0n) is 7.23. The van der Waals surface area contributed by atoms with Crippen LogP contribution in [0.1, 0.15) is 0 Å². The average Bonchev–Trinajstić information content (AvgIpc) is 1.12. The third-order valence-electron chi connectivity index (χ3n) is 0. The fourth-order valence-electron chi connectivity index (χ4n) is 0. The molecule has 0 saturated carbocycles. The molecule has 0 bridgehead atoms. The molecule has 0 N–H and O–H groups in total. The molecule has 0 amide bonds. The van der Waals surface area contributed by atoms with E-state index in [2.05, 4.69) is 0 Å². The molecule has 16 heteroatoms. The molecule has 0 unspecified atom stereocenters. The molecule has 94 valence electrons. The van der Waals surface area contributed by atoms with Gasteiger partial charge in [-0.15, -0.1) is 0 Å². The summed E-state index contributed by atoms with van der Waals surface area (Å²) in [5.74, 6) is 0. The minimum absolute atomic E-state index is 0. The van der Waals surface area contributed by atoms with Crippen molar-refractivity contribution in [3.05, 3.63) is 0 Å². The van der Waals surface area contributed by atoms with E-state index in [1.165, 1.54) is 0 Å². The van der Waals surface area contributed by atoms with Gasteiger partial charge in [0, 0.05) is 49.5 Å². The van der Waals surface area contributed by atoms with Crippen molar-refractivity contribution in [2.24, 2.45) is 0 Å². The Bertz CT molecular complexity index is 141. The number of hydrogen-bond donors (Lipinski definition) is 0. The van der Waals surface area contributed by atoms with Crippen LogP contribution in [0.3, 0.4) is 0 Å². The second-order valence-electron chi connectivity index (χ2n) is 0.894. The topological polar surface area (TPSA) is 172 Å². The molecule has 0 heterocycles. The third kappa shape index (κ3) is 222. The Kier molecular flexibility index (Phi) is 78.8. The van der Waals surface area contributed by atoms with Gasteiger partial charge in [0.1, 0.15) is 0 Å². The SMILES string of the molecule is O=P([O-])([O-])[O-].O=P([O-])([O-])[O-].[Ca+2].[Ca+2].[Ca+2].[Ni].[Ni].[Ni]. The summed E-state index contributed by atoms with van der Waals surface area (Å²) in [4.78, 5) is 51.3. The van der Waals surface area contributed by atoms with E-state index in [0.717, 1.165) is 0 Å². The fraction of sp³-hybridized carbons (Fsp3) is 0. The van der Waals surface area contributed by atoms with Crippen molar-refractivity contribution in [3.63, 3.8) is 0 Å². The predicted octanol–water partition coefficient (Wildman–Crippen LogP) is -6.80. The van der Waals surface area contributed by atoms with Crippen LogP contribution in [0.5, 0.6) is 0 Å². The second-order valence-corrected chi connectivity index (χ2v) is 2.68. The average molecular weight is 486 g/mol. The summed E-state index contributed by atoms with van der Waals surface area (Å²) in [6, 6.07) is 0. The minimum atomic E-state index is -5.39. The molecule has 0 aromatic rings. The molecule has 0 radical (unpaired) electrons. The molecular weight excluding hydrogens is 486 g/mol. The first-order valence-electron chi connectivity index (χ1n) is 1.46. The van der Waals surface area contributed by atoms with Gasteiger partial charge in [0.25, 0.3) is 0 Å². The molecule has 0 fully saturated rings. The van der Waals surface area contributed by atoms with E-state index in [1.54, 1.807) is 0 Å². The van der Waals surface area contributed by atoms with Gasteiger partial charge in [0.05, 0.1) is 0 Å². The monoisotopic (exact) mass is 484 g/mol. The van der Waals surface area contributed by atoms with Gasteiger partial charge in [0.15, 0.2) is 0 Å². The Balaban J connectivity index is -0.00000000970. The summed E-state index contributed by atoms with van der Waals surface area (Å²) < 4.78 is 17.1. The van der Waals surface area contributed by atoms with Gasteiger partial charge in [-0.1, -0.05) is 0 Å². The van der Waals surface area contributed by atoms with Crippen LogP contribution >= 0.6 is 15.6 Å². The molecule has 8 nitrogen and oxygen atoms in total. The van der Waals surface area contributed by atoms with E-state index in [0.29, 0.717) is 0 Å². The van der Waals surface area contributed by atoms with E-state index in [-0.39, 0.29) is 163 Å². The molecule has 0 aromatic heterocycles. The van der Waals surface area contributed by atoms with Crippen LogP contribution in [-0.4, -0.2) is 113 Å². The van der Waals surface area contributed by atoms with E-state index in [9.17, 15) is 0 Å². The number of phosphoric acid groups is 2. The first-order valence-corrected chi connectivity index (χ1v) is 4.38. The van der Waals surface area contributed by atoms with E-state index < -0.39 is 15.6 Å². The van der Waals surface area contributed by atoms with Gasteiger partial charge >= 0.3 is 113 Å². The van der Waals surface area contributed by atoms with Crippen LogP contribution in [-0.2, 0) is 58.6 Å². The van der Waals surface area contributed by atoms with Crippen molar-refractivity contribution >= 4 is 129 Å². The Labute approximate surface area is 212 Å². The maximum absolute atomic E-state index is 8.55. The quantitative estimate of drug-likeness (QED) is 0.240. The molecular formula is Ca3Ni3O8P2. The van der Waals surface area contributed by atoms with Gasteiger partial charge in [-0.2, -0.15) is 15.6 Å². The maximum atomic E-state index is 8.55. The van der Waals surface area contributed by atoms with Crippen molar-refractivity contribution < 1.29 is 88.0 Å². The number of rotatable bonds is 0. The van der Waals surface area contributed by atoms with E-state index >= 15 is 0 Å². The van der Waals surface area contributed by atoms with Gasteiger partial charge in [-0.05, 0) is 0 Å². The van der Waals surface area contributed by atoms with Crippen molar-refractivity contribution in [3.8, 4) is 0 Å². The third-order valence-corrected chi connectivity index (χ3v) is 0. The zero-order valence-corrected chi connectivity index (χ0v) is 18.6. The number of hydrogen-bond acceptors (Lipinski definition) is 8.